The fraction of sp³-hybridized carbons (Fsp3) is 0.353. The summed E-state index contributed by atoms with van der Waals surface area (Å²) in [5.74, 6) is 0.265. The molecule has 0 amide bonds. The number of ether oxygens (including phenoxy) is 3. The third kappa shape index (κ3) is 5.29. The van der Waals surface area contributed by atoms with E-state index in [1.165, 1.54) is 6.08 Å². The zero-order valence-electron chi connectivity index (χ0n) is 13.6. The number of benzene rings is 1. The third-order valence-electron chi connectivity index (χ3n) is 2.80. The van der Waals surface area contributed by atoms with E-state index >= 15 is 0 Å². The van der Waals surface area contributed by atoms with E-state index < -0.39 is 12.1 Å². The Morgan fingerprint density at radius 3 is 2.50 bits per heavy atom. The number of hydrogen-bond acceptors (Lipinski definition) is 6. The molecular formula is C17H17BrN2O4. The minimum absolute atomic E-state index is 0.0297. The van der Waals surface area contributed by atoms with E-state index in [2.05, 4.69) is 15.9 Å². The van der Waals surface area contributed by atoms with Gasteiger partial charge in [-0.05, 0) is 60.5 Å². The van der Waals surface area contributed by atoms with Gasteiger partial charge in [-0.2, -0.15) is 10.5 Å². The second kappa shape index (κ2) is 9.59. The van der Waals surface area contributed by atoms with Crippen molar-refractivity contribution in [3.05, 3.63) is 27.7 Å². The van der Waals surface area contributed by atoms with Gasteiger partial charge in [0, 0.05) is 0 Å². The zero-order valence-corrected chi connectivity index (χ0v) is 15.2. The van der Waals surface area contributed by atoms with Crippen molar-refractivity contribution < 1.29 is 19.0 Å². The van der Waals surface area contributed by atoms with E-state index in [4.69, 9.17) is 24.7 Å². The normalized spacial score (nSPS) is 10.8. The molecule has 0 saturated carbocycles. The van der Waals surface area contributed by atoms with Crippen LogP contribution in [0, 0.1) is 22.7 Å². The molecule has 126 valence electrons. The number of hydrogen-bond donors (Lipinski definition) is 0. The first-order valence-corrected chi connectivity index (χ1v) is 8.07. The second-order valence-electron chi connectivity index (χ2n) is 4.56. The molecule has 1 aromatic rings. The summed E-state index contributed by atoms with van der Waals surface area (Å²) >= 11 is 3.37. The van der Waals surface area contributed by atoms with Gasteiger partial charge in [-0.25, -0.2) is 4.79 Å². The predicted octanol–water partition coefficient (Wildman–Crippen LogP) is 3.61. The second-order valence-corrected chi connectivity index (χ2v) is 5.41. The molecule has 0 saturated heterocycles. The molecule has 6 nitrogen and oxygen atoms in total. The Morgan fingerprint density at radius 1 is 1.29 bits per heavy atom. The van der Waals surface area contributed by atoms with Crippen molar-refractivity contribution in [2.24, 2.45) is 0 Å². The van der Waals surface area contributed by atoms with Gasteiger partial charge in [-0.15, -0.1) is 0 Å². The van der Waals surface area contributed by atoms with Crippen LogP contribution in [0.3, 0.4) is 0 Å². The fourth-order valence-electron chi connectivity index (χ4n) is 1.79. The molecular weight excluding hydrogens is 376 g/mol. The Labute approximate surface area is 149 Å². The van der Waals surface area contributed by atoms with Crippen molar-refractivity contribution in [3.8, 4) is 23.6 Å². The first-order valence-electron chi connectivity index (χ1n) is 7.28. The van der Waals surface area contributed by atoms with Crippen molar-refractivity contribution in [2.45, 2.75) is 26.9 Å². The highest BCUT2D eigenvalue weighted by Gasteiger charge is 2.20. The number of rotatable bonds is 7. The van der Waals surface area contributed by atoms with Crippen LogP contribution in [0.5, 0.6) is 11.5 Å². The van der Waals surface area contributed by atoms with Crippen LogP contribution in [-0.2, 0) is 9.53 Å². The van der Waals surface area contributed by atoms with Crippen LogP contribution in [0.4, 0.5) is 0 Å². The van der Waals surface area contributed by atoms with Crippen molar-refractivity contribution >= 4 is 28.0 Å². The topological polar surface area (TPSA) is 92.3 Å². The van der Waals surface area contributed by atoms with Crippen LogP contribution in [0.15, 0.2) is 22.2 Å². The number of nitrogens with zero attached hydrogens (tertiary/aromatic N) is 2. The minimum atomic E-state index is -0.810. The minimum Gasteiger partial charge on any atom is -0.490 e. The van der Waals surface area contributed by atoms with E-state index in [9.17, 15) is 4.79 Å². The smallest absolute Gasteiger partial charge is 0.347 e. The van der Waals surface area contributed by atoms with Crippen molar-refractivity contribution in [1.29, 1.82) is 10.5 Å². The van der Waals surface area contributed by atoms with Crippen molar-refractivity contribution in [1.82, 2.24) is 0 Å². The molecule has 0 aromatic heterocycles. The van der Waals surface area contributed by atoms with Crippen LogP contribution >= 0.6 is 15.9 Å². The highest BCUT2D eigenvalue weighted by atomic mass is 79.9. The summed E-state index contributed by atoms with van der Waals surface area (Å²) in [6.07, 6.45) is 0.627. The largest absolute Gasteiger partial charge is 0.490 e. The van der Waals surface area contributed by atoms with Gasteiger partial charge in [-0.3, -0.25) is 0 Å². The van der Waals surface area contributed by atoms with Gasteiger partial charge in [0.05, 0.1) is 17.7 Å². The molecule has 0 radical (unpaired) electrons. The van der Waals surface area contributed by atoms with E-state index in [0.29, 0.717) is 28.1 Å². The maximum absolute atomic E-state index is 11.7. The van der Waals surface area contributed by atoms with Crippen LogP contribution in [0.1, 0.15) is 26.3 Å². The molecule has 0 N–H and O–H groups in total. The van der Waals surface area contributed by atoms with Gasteiger partial charge < -0.3 is 14.2 Å². The highest BCUT2D eigenvalue weighted by Crippen LogP contribution is 2.38. The lowest BCUT2D eigenvalue weighted by molar-refractivity contribution is -0.150. The van der Waals surface area contributed by atoms with E-state index in [1.54, 1.807) is 38.1 Å². The van der Waals surface area contributed by atoms with E-state index in [-0.39, 0.29) is 12.2 Å². The van der Waals surface area contributed by atoms with Crippen molar-refractivity contribution in [2.75, 3.05) is 13.2 Å². The maximum atomic E-state index is 11.7. The van der Waals surface area contributed by atoms with Crippen LogP contribution in [0.2, 0.25) is 0 Å². The Balaban J connectivity index is 3.22. The molecule has 0 heterocycles. The van der Waals surface area contributed by atoms with Crippen LogP contribution in [0.25, 0.3) is 6.08 Å². The first kappa shape index (κ1) is 19.5. The van der Waals surface area contributed by atoms with Gasteiger partial charge in [0.25, 0.3) is 0 Å². The first-order chi connectivity index (χ1) is 11.5. The zero-order chi connectivity index (χ0) is 18.1. The molecule has 24 heavy (non-hydrogen) atoms. The molecule has 0 aliphatic rings. The number of carbonyl (C=O) groups excluding carboxylic acids is 1. The molecule has 7 heteroatoms. The molecule has 0 fully saturated rings. The Morgan fingerprint density at radius 2 is 1.96 bits per heavy atom. The molecule has 0 bridgehead atoms. The molecule has 0 spiro atoms. The summed E-state index contributed by atoms with van der Waals surface area (Å²) in [5, 5.41) is 17.7. The van der Waals surface area contributed by atoms with Gasteiger partial charge in [0.2, 0.25) is 0 Å². The SMILES string of the molecule is CCOC(=O)C(C)Oc1c(Br)cc(C=C(C#N)C#N)cc1OCC. The lowest BCUT2D eigenvalue weighted by atomic mass is 10.1. The average molecular weight is 393 g/mol. The number of carbonyl (C=O) groups is 1. The van der Waals surface area contributed by atoms with Gasteiger partial charge in [0.15, 0.2) is 17.6 Å². The number of esters is 1. The Hall–Kier alpha value is -2.51. The molecule has 1 aromatic carbocycles. The summed E-state index contributed by atoms with van der Waals surface area (Å²) in [6.45, 7) is 5.76. The number of nitriles is 2. The van der Waals surface area contributed by atoms with Gasteiger partial charge in [0.1, 0.15) is 17.7 Å². The Kier molecular flexibility index (Phi) is 7.81. The van der Waals surface area contributed by atoms with Crippen molar-refractivity contribution in [3.63, 3.8) is 0 Å². The van der Waals surface area contributed by atoms with Gasteiger partial charge >= 0.3 is 5.97 Å². The summed E-state index contributed by atoms with van der Waals surface area (Å²) in [7, 11) is 0. The quantitative estimate of drug-likeness (QED) is 0.519. The van der Waals surface area contributed by atoms with Crippen LogP contribution in [-0.4, -0.2) is 25.3 Å². The molecule has 0 aliphatic carbocycles. The summed E-state index contributed by atoms with van der Waals surface area (Å²) in [4.78, 5) is 11.7. The van der Waals surface area contributed by atoms with E-state index in [0.717, 1.165) is 0 Å². The fourth-order valence-corrected chi connectivity index (χ4v) is 2.34. The highest BCUT2D eigenvalue weighted by molar-refractivity contribution is 9.10. The summed E-state index contributed by atoms with van der Waals surface area (Å²) in [5.41, 5.74) is 0.567. The number of halogens is 1. The van der Waals surface area contributed by atoms with E-state index in [1.807, 2.05) is 6.92 Å². The monoisotopic (exact) mass is 392 g/mol. The third-order valence-corrected chi connectivity index (χ3v) is 3.39. The molecule has 1 rings (SSSR count). The average Bonchev–Trinajstić information content (AvgIpc) is 2.56. The van der Waals surface area contributed by atoms with Gasteiger partial charge in [-0.1, -0.05) is 0 Å². The standard InChI is InChI=1S/C17H17BrN2O4/c1-4-22-15-8-12(6-13(9-19)10-20)7-14(18)16(15)24-11(3)17(21)23-5-2/h6-8,11H,4-5H2,1-3H3. The molecule has 1 atom stereocenters. The van der Waals surface area contributed by atoms with Crippen LogP contribution < -0.4 is 9.47 Å². The lowest BCUT2D eigenvalue weighted by Gasteiger charge is -2.18. The molecule has 0 aliphatic heterocycles. The summed E-state index contributed by atoms with van der Waals surface area (Å²) < 4.78 is 16.7. The molecule has 1 unspecified atom stereocenters. The summed E-state index contributed by atoms with van der Waals surface area (Å²) in [6, 6.07) is 6.90. The number of allylic oxidation sites excluding steroid dienone is 1. The lowest BCUT2D eigenvalue weighted by Crippen LogP contribution is -2.26. The maximum Gasteiger partial charge on any atom is 0.347 e. The predicted molar refractivity (Wildman–Crippen MR) is 91.2 cm³/mol. The Bertz CT molecular complexity index is 701.